The maximum absolute atomic E-state index is 11.3. The molecule has 6 heteroatoms. The second-order valence-electron chi connectivity index (χ2n) is 3.63. The summed E-state index contributed by atoms with van der Waals surface area (Å²) in [6.45, 7) is 1.60. The van der Waals surface area contributed by atoms with Gasteiger partial charge in [-0.15, -0.1) is 0 Å². The van der Waals surface area contributed by atoms with Gasteiger partial charge >= 0.3 is 6.03 Å². The molecule has 0 atom stereocenters. The van der Waals surface area contributed by atoms with Crippen molar-refractivity contribution in [2.24, 2.45) is 0 Å². The SMILES string of the molecule is CNC(=O)NC(=O)CN1CCC(O)CC1. The molecule has 0 radical (unpaired) electrons. The Hall–Kier alpha value is -1.14. The fourth-order valence-corrected chi connectivity index (χ4v) is 1.51. The van der Waals surface area contributed by atoms with Crippen molar-refractivity contribution in [3.63, 3.8) is 0 Å². The number of nitrogens with one attached hydrogen (secondary N) is 2. The lowest BCUT2D eigenvalue weighted by Gasteiger charge is -2.28. The van der Waals surface area contributed by atoms with Gasteiger partial charge in [-0.2, -0.15) is 0 Å². The van der Waals surface area contributed by atoms with Gasteiger partial charge in [-0.05, 0) is 12.8 Å². The van der Waals surface area contributed by atoms with Gasteiger partial charge in [0.15, 0.2) is 0 Å². The van der Waals surface area contributed by atoms with Crippen LogP contribution in [-0.2, 0) is 4.79 Å². The lowest BCUT2D eigenvalue weighted by molar-refractivity contribution is -0.121. The first-order valence-electron chi connectivity index (χ1n) is 5.04. The van der Waals surface area contributed by atoms with Crippen LogP contribution in [0.3, 0.4) is 0 Å². The van der Waals surface area contributed by atoms with Gasteiger partial charge in [0.05, 0.1) is 12.6 Å². The molecule has 0 spiro atoms. The highest BCUT2D eigenvalue weighted by Gasteiger charge is 2.19. The molecule has 0 aromatic carbocycles. The molecule has 0 aromatic rings. The Morgan fingerprint density at radius 3 is 2.53 bits per heavy atom. The molecule has 3 N–H and O–H groups in total. The van der Waals surface area contributed by atoms with Gasteiger partial charge in [-0.25, -0.2) is 4.79 Å². The van der Waals surface area contributed by atoms with Gasteiger partial charge < -0.3 is 10.4 Å². The molecular formula is C9H17N3O3. The average Bonchev–Trinajstić information content (AvgIpc) is 2.21. The summed E-state index contributed by atoms with van der Waals surface area (Å²) in [6.07, 6.45) is 1.13. The molecule has 1 fully saturated rings. The Morgan fingerprint density at radius 1 is 1.40 bits per heavy atom. The summed E-state index contributed by atoms with van der Waals surface area (Å²) in [7, 11) is 1.46. The molecule has 0 unspecified atom stereocenters. The summed E-state index contributed by atoms with van der Waals surface area (Å²) >= 11 is 0. The summed E-state index contributed by atoms with van der Waals surface area (Å²) in [5.41, 5.74) is 0. The van der Waals surface area contributed by atoms with Crippen LogP contribution in [0.15, 0.2) is 0 Å². The van der Waals surface area contributed by atoms with Gasteiger partial charge in [0.2, 0.25) is 5.91 Å². The number of hydrogen-bond donors (Lipinski definition) is 3. The first kappa shape index (κ1) is 11.9. The molecule has 86 valence electrons. The van der Waals surface area contributed by atoms with Crippen LogP contribution in [0.2, 0.25) is 0 Å². The molecule has 0 aromatic heterocycles. The van der Waals surface area contributed by atoms with Crippen LogP contribution in [0.5, 0.6) is 0 Å². The molecule has 1 heterocycles. The molecule has 1 aliphatic rings. The quantitative estimate of drug-likeness (QED) is 0.546. The molecule has 15 heavy (non-hydrogen) atoms. The number of carbonyl (C=O) groups is 2. The van der Waals surface area contributed by atoms with Crippen molar-refractivity contribution in [3.8, 4) is 0 Å². The third kappa shape index (κ3) is 4.26. The van der Waals surface area contributed by atoms with E-state index in [0.29, 0.717) is 25.9 Å². The van der Waals surface area contributed by atoms with Crippen LogP contribution < -0.4 is 10.6 Å². The largest absolute Gasteiger partial charge is 0.393 e. The number of nitrogens with zero attached hydrogens (tertiary/aromatic N) is 1. The molecule has 0 saturated carbocycles. The van der Waals surface area contributed by atoms with E-state index in [0.717, 1.165) is 0 Å². The van der Waals surface area contributed by atoms with E-state index in [2.05, 4.69) is 10.6 Å². The predicted octanol–water partition coefficient (Wildman–Crippen LogP) is -1.10. The minimum absolute atomic E-state index is 0.208. The second kappa shape index (κ2) is 5.67. The maximum atomic E-state index is 11.3. The van der Waals surface area contributed by atoms with Crippen LogP contribution in [0.25, 0.3) is 0 Å². The Bertz CT molecular complexity index is 237. The van der Waals surface area contributed by atoms with Crippen molar-refractivity contribution in [2.45, 2.75) is 18.9 Å². The Morgan fingerprint density at radius 2 is 2.00 bits per heavy atom. The molecular weight excluding hydrogens is 198 g/mol. The molecule has 1 saturated heterocycles. The van der Waals surface area contributed by atoms with Gasteiger partial charge in [0, 0.05) is 20.1 Å². The van der Waals surface area contributed by atoms with Crippen molar-refractivity contribution in [1.82, 2.24) is 15.5 Å². The summed E-state index contributed by atoms with van der Waals surface area (Å²) in [6, 6.07) is -0.489. The molecule has 6 nitrogen and oxygen atoms in total. The normalized spacial score (nSPS) is 18.5. The number of aliphatic hydroxyl groups is 1. The summed E-state index contributed by atoms with van der Waals surface area (Å²) in [5, 5.41) is 13.8. The Kier molecular flexibility index (Phi) is 4.51. The van der Waals surface area contributed by atoms with Crippen molar-refractivity contribution < 1.29 is 14.7 Å². The standard InChI is InChI=1S/C9H17N3O3/c1-10-9(15)11-8(14)6-12-4-2-7(13)3-5-12/h7,13H,2-6H2,1H3,(H2,10,11,14,15). The monoisotopic (exact) mass is 215 g/mol. The second-order valence-corrected chi connectivity index (χ2v) is 3.63. The number of rotatable bonds is 2. The summed E-state index contributed by atoms with van der Waals surface area (Å²) in [5.74, 6) is -0.314. The van der Waals surface area contributed by atoms with Crippen molar-refractivity contribution >= 4 is 11.9 Å². The van der Waals surface area contributed by atoms with E-state index in [-0.39, 0.29) is 18.6 Å². The number of hydrogen-bond acceptors (Lipinski definition) is 4. The zero-order valence-corrected chi connectivity index (χ0v) is 8.82. The van der Waals surface area contributed by atoms with Gasteiger partial charge in [-0.3, -0.25) is 15.0 Å². The van der Waals surface area contributed by atoms with E-state index in [4.69, 9.17) is 0 Å². The zero-order chi connectivity index (χ0) is 11.3. The first-order valence-corrected chi connectivity index (χ1v) is 5.04. The third-order valence-corrected chi connectivity index (χ3v) is 2.40. The van der Waals surface area contributed by atoms with Crippen LogP contribution >= 0.6 is 0 Å². The molecule has 0 bridgehead atoms. The van der Waals surface area contributed by atoms with Gasteiger partial charge in [0.25, 0.3) is 0 Å². The van der Waals surface area contributed by atoms with Crippen molar-refractivity contribution in [2.75, 3.05) is 26.7 Å². The highest BCUT2D eigenvalue weighted by Crippen LogP contribution is 2.08. The van der Waals surface area contributed by atoms with Crippen LogP contribution in [-0.4, -0.2) is 54.7 Å². The van der Waals surface area contributed by atoms with E-state index in [1.807, 2.05) is 4.90 Å². The Labute approximate surface area is 88.6 Å². The number of amides is 3. The first-order chi connectivity index (χ1) is 7.11. The highest BCUT2D eigenvalue weighted by atomic mass is 16.3. The molecule has 0 aliphatic carbocycles. The number of aliphatic hydroxyl groups excluding tert-OH is 1. The summed E-state index contributed by atoms with van der Waals surface area (Å²) < 4.78 is 0. The fourth-order valence-electron chi connectivity index (χ4n) is 1.51. The molecule has 3 amide bonds. The van der Waals surface area contributed by atoms with E-state index in [1.165, 1.54) is 7.05 Å². The van der Waals surface area contributed by atoms with Gasteiger partial charge in [-0.1, -0.05) is 0 Å². The van der Waals surface area contributed by atoms with E-state index < -0.39 is 6.03 Å². The number of piperidine rings is 1. The van der Waals surface area contributed by atoms with Crippen molar-refractivity contribution in [1.29, 1.82) is 0 Å². The number of carbonyl (C=O) groups excluding carboxylic acids is 2. The lowest BCUT2D eigenvalue weighted by Crippen LogP contribution is -2.46. The molecule has 1 aliphatic heterocycles. The summed E-state index contributed by atoms with van der Waals surface area (Å²) in [4.78, 5) is 24.0. The van der Waals surface area contributed by atoms with E-state index >= 15 is 0 Å². The molecule has 1 rings (SSSR count). The van der Waals surface area contributed by atoms with Crippen LogP contribution in [0.1, 0.15) is 12.8 Å². The minimum atomic E-state index is -0.489. The number of urea groups is 1. The lowest BCUT2D eigenvalue weighted by atomic mass is 10.1. The van der Waals surface area contributed by atoms with Gasteiger partial charge in [0.1, 0.15) is 0 Å². The number of imide groups is 1. The van der Waals surface area contributed by atoms with E-state index in [9.17, 15) is 14.7 Å². The van der Waals surface area contributed by atoms with Crippen LogP contribution in [0, 0.1) is 0 Å². The predicted molar refractivity (Wildman–Crippen MR) is 54.3 cm³/mol. The Balaban J connectivity index is 2.23. The van der Waals surface area contributed by atoms with Crippen molar-refractivity contribution in [3.05, 3.63) is 0 Å². The fraction of sp³-hybridized carbons (Fsp3) is 0.778. The average molecular weight is 215 g/mol. The maximum Gasteiger partial charge on any atom is 0.321 e. The highest BCUT2D eigenvalue weighted by molar-refractivity contribution is 5.95. The number of likely N-dealkylation sites (tertiary alicyclic amines) is 1. The topological polar surface area (TPSA) is 81.7 Å². The van der Waals surface area contributed by atoms with E-state index in [1.54, 1.807) is 0 Å². The third-order valence-electron chi connectivity index (χ3n) is 2.40. The minimum Gasteiger partial charge on any atom is -0.393 e. The zero-order valence-electron chi connectivity index (χ0n) is 8.82. The smallest absolute Gasteiger partial charge is 0.321 e. The van der Waals surface area contributed by atoms with Crippen LogP contribution in [0.4, 0.5) is 4.79 Å².